The quantitative estimate of drug-likeness (QED) is 0.508. The molecule has 0 heterocycles. The molecule has 154 valence electrons. The summed E-state index contributed by atoms with van der Waals surface area (Å²) in [7, 11) is -3.82. The molecule has 7 heteroatoms. The van der Waals surface area contributed by atoms with Crippen LogP contribution < -0.4 is 0 Å². The maximum Gasteiger partial charge on any atom is 0.308 e. The van der Waals surface area contributed by atoms with Crippen molar-refractivity contribution >= 4 is 33.2 Å². The van der Waals surface area contributed by atoms with E-state index in [0.29, 0.717) is 10.6 Å². The van der Waals surface area contributed by atoms with Gasteiger partial charge in [0.2, 0.25) is 0 Å². The molecule has 0 bridgehead atoms. The Morgan fingerprint density at radius 2 is 1.37 bits per heavy atom. The molecule has 0 aliphatic heterocycles. The maximum absolute atomic E-state index is 12.6. The topological polar surface area (TPSA) is 88.5 Å². The summed E-state index contributed by atoms with van der Waals surface area (Å²) in [6.07, 6.45) is -0.401. The van der Waals surface area contributed by atoms with Gasteiger partial charge in [0.15, 0.2) is 15.6 Å². The molecular weight excluding hydrogens is 424 g/mol. The third-order valence-electron chi connectivity index (χ3n) is 4.69. The number of carbonyl (C=O) groups is 2. The van der Waals surface area contributed by atoms with E-state index >= 15 is 0 Å². The summed E-state index contributed by atoms with van der Waals surface area (Å²) >= 11 is 5.89. The number of benzene rings is 3. The summed E-state index contributed by atoms with van der Waals surface area (Å²) in [4.78, 5) is 24.3. The van der Waals surface area contributed by atoms with E-state index in [0.717, 1.165) is 11.1 Å². The van der Waals surface area contributed by atoms with Gasteiger partial charge in [0.05, 0.1) is 16.6 Å². The summed E-state index contributed by atoms with van der Waals surface area (Å²) in [6, 6.07) is 21.6. The second kappa shape index (κ2) is 9.24. The fourth-order valence-corrected chi connectivity index (χ4v) is 4.72. The zero-order valence-electron chi connectivity index (χ0n) is 15.9. The fraction of sp³-hybridized carbons (Fsp3) is 0.130. The van der Waals surface area contributed by atoms with Crippen LogP contribution >= 0.6 is 11.6 Å². The van der Waals surface area contributed by atoms with Gasteiger partial charge in [-0.05, 0) is 35.4 Å². The Bertz CT molecular complexity index is 1140. The van der Waals surface area contributed by atoms with E-state index in [9.17, 15) is 23.1 Å². The van der Waals surface area contributed by atoms with E-state index in [-0.39, 0.29) is 4.90 Å². The average Bonchev–Trinajstić information content (AvgIpc) is 2.74. The van der Waals surface area contributed by atoms with Crippen molar-refractivity contribution in [2.75, 3.05) is 5.75 Å². The largest absolute Gasteiger partial charge is 0.481 e. The van der Waals surface area contributed by atoms with Crippen LogP contribution in [0.15, 0.2) is 83.8 Å². The molecule has 0 saturated heterocycles. The highest BCUT2D eigenvalue weighted by atomic mass is 35.5. The SMILES string of the molecule is O=C(C[C@H](CS(=O)(=O)c1ccccc1)C(=O)O)c1ccc(-c2ccc(Cl)cc2)cc1. The van der Waals surface area contributed by atoms with Crippen molar-refractivity contribution in [3.63, 3.8) is 0 Å². The predicted octanol–water partition coefficient (Wildman–Crippen LogP) is 4.75. The number of Topliss-reactive ketones (excluding diaryl/α,β-unsaturated/α-hetero) is 1. The Kier molecular flexibility index (Phi) is 6.70. The first-order valence-corrected chi connectivity index (χ1v) is 11.2. The molecule has 3 rings (SSSR count). The molecule has 0 radical (unpaired) electrons. The second-order valence-electron chi connectivity index (χ2n) is 6.84. The number of halogens is 1. The lowest BCUT2D eigenvalue weighted by Crippen LogP contribution is -2.26. The highest BCUT2D eigenvalue weighted by Crippen LogP contribution is 2.23. The van der Waals surface area contributed by atoms with Crippen LogP contribution in [-0.4, -0.2) is 31.0 Å². The van der Waals surface area contributed by atoms with Gasteiger partial charge in [-0.1, -0.05) is 66.2 Å². The molecule has 0 aliphatic carbocycles. The first kappa shape index (κ1) is 21.7. The van der Waals surface area contributed by atoms with E-state index in [2.05, 4.69) is 0 Å². The van der Waals surface area contributed by atoms with Crippen LogP contribution in [0.4, 0.5) is 0 Å². The monoisotopic (exact) mass is 442 g/mol. The minimum absolute atomic E-state index is 0.0380. The summed E-state index contributed by atoms with van der Waals surface area (Å²) in [5.41, 5.74) is 2.14. The van der Waals surface area contributed by atoms with Gasteiger partial charge in [-0.15, -0.1) is 0 Å². The summed E-state index contributed by atoms with van der Waals surface area (Å²) in [5, 5.41) is 10.1. The highest BCUT2D eigenvalue weighted by molar-refractivity contribution is 7.91. The molecule has 0 aliphatic rings. The van der Waals surface area contributed by atoms with Crippen molar-refractivity contribution in [1.82, 2.24) is 0 Å². The maximum atomic E-state index is 12.6. The lowest BCUT2D eigenvalue weighted by molar-refractivity contribution is -0.140. The molecule has 0 fully saturated rings. The number of sulfone groups is 1. The molecule has 1 N–H and O–H groups in total. The molecule has 1 atom stereocenters. The van der Waals surface area contributed by atoms with Gasteiger partial charge < -0.3 is 5.11 Å². The van der Waals surface area contributed by atoms with Gasteiger partial charge in [0, 0.05) is 17.0 Å². The zero-order valence-corrected chi connectivity index (χ0v) is 17.4. The van der Waals surface area contributed by atoms with Crippen LogP contribution in [0.1, 0.15) is 16.8 Å². The molecule has 0 aromatic heterocycles. The lowest BCUT2D eigenvalue weighted by atomic mass is 9.97. The zero-order chi connectivity index (χ0) is 21.7. The number of carbonyl (C=O) groups excluding carboxylic acids is 1. The number of carboxylic acid groups (broad SMARTS) is 1. The molecule has 0 saturated carbocycles. The van der Waals surface area contributed by atoms with E-state index in [1.54, 1.807) is 54.6 Å². The molecule has 3 aromatic rings. The Hall–Kier alpha value is -2.96. The lowest BCUT2D eigenvalue weighted by Gasteiger charge is -2.13. The number of aliphatic carboxylic acids is 1. The Balaban J connectivity index is 1.74. The molecule has 3 aromatic carbocycles. The molecular formula is C23H19ClO5S. The Morgan fingerprint density at radius 1 is 0.833 bits per heavy atom. The highest BCUT2D eigenvalue weighted by Gasteiger charge is 2.29. The van der Waals surface area contributed by atoms with Crippen molar-refractivity contribution in [1.29, 1.82) is 0 Å². The van der Waals surface area contributed by atoms with Crippen LogP contribution in [0.25, 0.3) is 11.1 Å². The third kappa shape index (κ3) is 5.34. The fourth-order valence-electron chi connectivity index (χ4n) is 3.04. The predicted molar refractivity (Wildman–Crippen MR) is 115 cm³/mol. The van der Waals surface area contributed by atoms with Crippen molar-refractivity contribution in [2.24, 2.45) is 5.92 Å². The van der Waals surface area contributed by atoms with E-state index in [1.807, 2.05) is 12.1 Å². The minimum atomic E-state index is -3.82. The van der Waals surface area contributed by atoms with E-state index in [4.69, 9.17) is 11.6 Å². The Labute approximate surface area is 179 Å². The number of ketones is 1. The second-order valence-corrected chi connectivity index (χ2v) is 9.31. The number of hydrogen-bond donors (Lipinski definition) is 1. The number of rotatable bonds is 8. The first-order chi connectivity index (χ1) is 14.3. The van der Waals surface area contributed by atoms with Gasteiger partial charge >= 0.3 is 5.97 Å². The van der Waals surface area contributed by atoms with Crippen LogP contribution in [-0.2, 0) is 14.6 Å². The molecule has 5 nitrogen and oxygen atoms in total. The van der Waals surface area contributed by atoms with Crippen molar-refractivity contribution < 1.29 is 23.1 Å². The normalized spacial score (nSPS) is 12.3. The van der Waals surface area contributed by atoms with Gasteiger partial charge in [-0.3, -0.25) is 9.59 Å². The molecule has 30 heavy (non-hydrogen) atoms. The molecule has 0 unspecified atom stereocenters. The van der Waals surface area contributed by atoms with Crippen molar-refractivity contribution in [3.05, 3.63) is 89.4 Å². The smallest absolute Gasteiger partial charge is 0.308 e. The Morgan fingerprint density at radius 3 is 1.90 bits per heavy atom. The summed E-state index contributed by atoms with van der Waals surface area (Å²) in [6.45, 7) is 0. The number of hydrogen-bond acceptors (Lipinski definition) is 4. The van der Waals surface area contributed by atoms with Gasteiger partial charge in [-0.2, -0.15) is 0 Å². The van der Waals surface area contributed by atoms with Crippen LogP contribution in [0.2, 0.25) is 5.02 Å². The van der Waals surface area contributed by atoms with Crippen LogP contribution in [0, 0.1) is 5.92 Å². The standard InChI is InChI=1S/C23H19ClO5S/c24-20-12-10-17(11-13-20)16-6-8-18(9-7-16)22(25)14-19(23(26)27)15-30(28,29)21-4-2-1-3-5-21/h1-13,19H,14-15H2,(H,26,27)/t19-/m1/s1. The molecule has 0 amide bonds. The molecule has 0 spiro atoms. The average molecular weight is 443 g/mol. The van der Waals surface area contributed by atoms with Crippen LogP contribution in [0.3, 0.4) is 0 Å². The van der Waals surface area contributed by atoms with Gasteiger partial charge in [0.1, 0.15) is 0 Å². The first-order valence-electron chi connectivity index (χ1n) is 9.16. The van der Waals surface area contributed by atoms with Crippen LogP contribution in [0.5, 0.6) is 0 Å². The van der Waals surface area contributed by atoms with E-state index < -0.39 is 39.7 Å². The number of carboxylic acids is 1. The van der Waals surface area contributed by atoms with E-state index in [1.165, 1.54) is 12.1 Å². The van der Waals surface area contributed by atoms with Gasteiger partial charge in [-0.25, -0.2) is 8.42 Å². The summed E-state index contributed by atoms with van der Waals surface area (Å²) in [5.74, 6) is -3.71. The third-order valence-corrected chi connectivity index (χ3v) is 6.77. The van der Waals surface area contributed by atoms with Crippen molar-refractivity contribution in [3.8, 4) is 11.1 Å². The van der Waals surface area contributed by atoms with Crippen molar-refractivity contribution in [2.45, 2.75) is 11.3 Å². The van der Waals surface area contributed by atoms with Gasteiger partial charge in [0.25, 0.3) is 0 Å². The summed E-state index contributed by atoms with van der Waals surface area (Å²) < 4.78 is 25.0. The minimum Gasteiger partial charge on any atom is -0.481 e.